The molecule has 0 aliphatic rings. The summed E-state index contributed by atoms with van der Waals surface area (Å²) >= 11 is 0. The lowest BCUT2D eigenvalue weighted by Gasteiger charge is -2.22. The molecule has 0 atom stereocenters. The molecule has 2 aromatic rings. The minimum absolute atomic E-state index is 0.0996. The molecule has 26 heavy (non-hydrogen) atoms. The summed E-state index contributed by atoms with van der Waals surface area (Å²) in [5.41, 5.74) is 1.16. The molecule has 1 heterocycles. The summed E-state index contributed by atoms with van der Waals surface area (Å²) in [6.07, 6.45) is 1.76. The molecule has 2 rings (SSSR count). The maximum absolute atomic E-state index is 13.0. The fourth-order valence-electron chi connectivity index (χ4n) is 2.42. The zero-order chi connectivity index (χ0) is 18.9. The van der Waals surface area contributed by atoms with Crippen molar-refractivity contribution >= 4 is 11.9 Å². The van der Waals surface area contributed by atoms with E-state index in [1.807, 2.05) is 12.1 Å². The van der Waals surface area contributed by atoms with Gasteiger partial charge in [0.05, 0.1) is 40.0 Å². The van der Waals surface area contributed by atoms with Gasteiger partial charge in [-0.05, 0) is 30.3 Å². The number of esters is 1. The first-order valence-corrected chi connectivity index (χ1v) is 8.07. The third kappa shape index (κ3) is 4.95. The van der Waals surface area contributed by atoms with Gasteiger partial charge < -0.3 is 19.1 Å². The molecule has 0 saturated heterocycles. The van der Waals surface area contributed by atoms with E-state index in [1.54, 1.807) is 35.4 Å². The van der Waals surface area contributed by atoms with Crippen molar-refractivity contribution in [2.45, 2.75) is 13.0 Å². The highest BCUT2D eigenvalue weighted by Gasteiger charge is 2.19. The first-order chi connectivity index (χ1) is 12.6. The van der Waals surface area contributed by atoms with Crippen LogP contribution < -0.4 is 9.47 Å². The molecule has 0 aliphatic carbocycles. The van der Waals surface area contributed by atoms with Crippen molar-refractivity contribution in [3.63, 3.8) is 0 Å². The second-order valence-electron chi connectivity index (χ2n) is 5.44. The lowest BCUT2D eigenvalue weighted by Crippen LogP contribution is -2.33. The molecule has 0 spiro atoms. The Kier molecular flexibility index (Phi) is 6.96. The van der Waals surface area contributed by atoms with Crippen LogP contribution in [0.4, 0.5) is 0 Å². The van der Waals surface area contributed by atoms with E-state index in [-0.39, 0.29) is 31.4 Å². The highest BCUT2D eigenvalue weighted by Crippen LogP contribution is 2.28. The third-order valence-electron chi connectivity index (χ3n) is 3.81. The smallest absolute Gasteiger partial charge is 0.307 e. The molecule has 0 radical (unpaired) electrons. The Hall–Kier alpha value is -3.09. The minimum atomic E-state index is -0.379. The summed E-state index contributed by atoms with van der Waals surface area (Å²) in [6, 6.07) is 10.4. The van der Waals surface area contributed by atoms with Crippen molar-refractivity contribution in [1.29, 1.82) is 0 Å². The Morgan fingerprint density at radius 2 is 1.81 bits per heavy atom. The Bertz CT molecular complexity index is 749. The van der Waals surface area contributed by atoms with E-state index >= 15 is 0 Å². The second kappa shape index (κ2) is 9.41. The summed E-state index contributed by atoms with van der Waals surface area (Å²) in [6.45, 7) is 0.501. The van der Waals surface area contributed by atoms with Gasteiger partial charge in [0.15, 0.2) is 11.5 Å². The molecule has 0 unspecified atom stereocenters. The third-order valence-corrected chi connectivity index (χ3v) is 3.81. The predicted molar refractivity (Wildman–Crippen MR) is 95.2 cm³/mol. The zero-order valence-electron chi connectivity index (χ0n) is 15.1. The van der Waals surface area contributed by atoms with Crippen LogP contribution in [-0.2, 0) is 16.1 Å². The number of carbonyl (C=O) groups is 2. The van der Waals surface area contributed by atoms with Crippen LogP contribution in [0.5, 0.6) is 11.5 Å². The van der Waals surface area contributed by atoms with Crippen molar-refractivity contribution in [1.82, 2.24) is 9.88 Å². The van der Waals surface area contributed by atoms with Crippen molar-refractivity contribution in [2.24, 2.45) is 0 Å². The van der Waals surface area contributed by atoms with Crippen LogP contribution in [0.3, 0.4) is 0 Å². The van der Waals surface area contributed by atoms with Crippen LogP contribution in [-0.4, -0.2) is 49.6 Å². The summed E-state index contributed by atoms with van der Waals surface area (Å²) < 4.78 is 15.1. The zero-order valence-corrected chi connectivity index (χ0v) is 15.1. The average molecular weight is 358 g/mol. The first kappa shape index (κ1) is 19.2. The van der Waals surface area contributed by atoms with E-state index in [9.17, 15) is 9.59 Å². The van der Waals surface area contributed by atoms with Crippen LogP contribution in [0.15, 0.2) is 42.6 Å². The molecule has 1 amide bonds. The molecule has 0 aliphatic heterocycles. The maximum Gasteiger partial charge on any atom is 0.307 e. The standard InChI is InChI=1S/C19H22N2O5/c1-24-16-8-7-14(12-17(16)25-2)19(23)21(11-9-18(22)26-3)13-15-6-4-5-10-20-15/h4-8,10,12H,9,11,13H2,1-3H3. The van der Waals surface area contributed by atoms with Crippen molar-refractivity contribution < 1.29 is 23.8 Å². The van der Waals surface area contributed by atoms with Gasteiger partial charge in [0.2, 0.25) is 0 Å². The molecule has 138 valence electrons. The van der Waals surface area contributed by atoms with Crippen molar-refractivity contribution in [3.05, 3.63) is 53.9 Å². The number of nitrogens with zero attached hydrogens (tertiary/aromatic N) is 2. The Balaban J connectivity index is 2.25. The van der Waals surface area contributed by atoms with Crippen LogP contribution in [0, 0.1) is 0 Å². The number of hydrogen-bond acceptors (Lipinski definition) is 6. The van der Waals surface area contributed by atoms with E-state index in [0.717, 1.165) is 5.69 Å². The number of carbonyl (C=O) groups excluding carboxylic acids is 2. The monoisotopic (exact) mass is 358 g/mol. The number of amides is 1. The molecule has 0 saturated carbocycles. The normalized spacial score (nSPS) is 10.1. The van der Waals surface area contributed by atoms with Crippen molar-refractivity contribution in [3.8, 4) is 11.5 Å². The van der Waals surface area contributed by atoms with Gasteiger partial charge in [-0.25, -0.2) is 0 Å². The fraction of sp³-hybridized carbons (Fsp3) is 0.316. The number of ether oxygens (including phenoxy) is 3. The predicted octanol–water partition coefficient (Wildman–Crippen LogP) is 2.30. The maximum atomic E-state index is 13.0. The number of hydrogen-bond donors (Lipinski definition) is 0. The molecule has 0 N–H and O–H groups in total. The summed E-state index contributed by atoms with van der Waals surface area (Å²) in [5, 5.41) is 0. The molecule has 1 aromatic heterocycles. The van der Waals surface area contributed by atoms with Gasteiger partial charge in [-0.3, -0.25) is 14.6 Å². The van der Waals surface area contributed by atoms with E-state index in [2.05, 4.69) is 9.72 Å². The van der Waals surface area contributed by atoms with Crippen LogP contribution in [0.1, 0.15) is 22.5 Å². The van der Waals surface area contributed by atoms with E-state index in [4.69, 9.17) is 9.47 Å². The minimum Gasteiger partial charge on any atom is -0.493 e. The number of pyridine rings is 1. The van der Waals surface area contributed by atoms with Gasteiger partial charge in [0.1, 0.15) is 0 Å². The number of methoxy groups -OCH3 is 3. The van der Waals surface area contributed by atoms with Crippen LogP contribution in [0.2, 0.25) is 0 Å². The summed E-state index contributed by atoms with van der Waals surface area (Å²) in [7, 11) is 4.36. The molecule has 0 fully saturated rings. The van der Waals surface area contributed by atoms with Crippen molar-refractivity contribution in [2.75, 3.05) is 27.9 Å². The SMILES string of the molecule is COC(=O)CCN(Cc1ccccn1)C(=O)c1ccc(OC)c(OC)c1. The average Bonchev–Trinajstić information content (AvgIpc) is 2.70. The van der Waals surface area contributed by atoms with Crippen LogP contribution in [0.25, 0.3) is 0 Å². The molecular formula is C19H22N2O5. The Morgan fingerprint density at radius 3 is 2.42 bits per heavy atom. The number of benzene rings is 1. The molecule has 7 nitrogen and oxygen atoms in total. The lowest BCUT2D eigenvalue weighted by atomic mass is 10.1. The highest BCUT2D eigenvalue weighted by molar-refractivity contribution is 5.95. The molecule has 1 aromatic carbocycles. The van der Waals surface area contributed by atoms with E-state index < -0.39 is 0 Å². The van der Waals surface area contributed by atoms with Crippen LogP contribution >= 0.6 is 0 Å². The number of aromatic nitrogens is 1. The second-order valence-corrected chi connectivity index (χ2v) is 5.44. The van der Waals surface area contributed by atoms with Gasteiger partial charge >= 0.3 is 5.97 Å². The fourth-order valence-corrected chi connectivity index (χ4v) is 2.42. The van der Waals surface area contributed by atoms with Gasteiger partial charge in [-0.1, -0.05) is 6.07 Å². The quantitative estimate of drug-likeness (QED) is 0.674. The Morgan fingerprint density at radius 1 is 1.04 bits per heavy atom. The van der Waals surface area contributed by atoms with Gasteiger partial charge in [-0.15, -0.1) is 0 Å². The summed E-state index contributed by atoms with van der Waals surface area (Å²) in [5.74, 6) is 0.385. The van der Waals surface area contributed by atoms with Gasteiger partial charge in [0, 0.05) is 18.3 Å². The van der Waals surface area contributed by atoms with Gasteiger partial charge in [-0.2, -0.15) is 0 Å². The number of rotatable bonds is 8. The topological polar surface area (TPSA) is 78.0 Å². The van der Waals surface area contributed by atoms with E-state index in [0.29, 0.717) is 17.1 Å². The largest absolute Gasteiger partial charge is 0.493 e. The molecular weight excluding hydrogens is 336 g/mol. The molecule has 7 heteroatoms. The highest BCUT2D eigenvalue weighted by atomic mass is 16.5. The first-order valence-electron chi connectivity index (χ1n) is 8.07. The molecule has 0 bridgehead atoms. The van der Waals surface area contributed by atoms with E-state index in [1.165, 1.54) is 21.3 Å². The summed E-state index contributed by atoms with van der Waals surface area (Å²) in [4.78, 5) is 30.3. The Labute approximate surface area is 152 Å². The van der Waals surface area contributed by atoms with Gasteiger partial charge in [0.25, 0.3) is 5.91 Å². The lowest BCUT2D eigenvalue weighted by molar-refractivity contribution is -0.140.